The number of nitrogens with zero attached hydrogens (tertiary/aromatic N) is 3. The molecule has 27 heavy (non-hydrogen) atoms. The van der Waals surface area contributed by atoms with E-state index >= 15 is 0 Å². The number of hydrogen-bond donors (Lipinski definition) is 1. The molecule has 1 amide bonds. The number of carbonyl (C=O) groups is 2. The molecule has 2 heterocycles. The number of carboxylic acids is 1. The Hall–Kier alpha value is -2.17. The largest absolute Gasteiger partial charge is 0.481 e. The number of likely N-dealkylation sites (tertiary alicyclic amines) is 1. The van der Waals surface area contributed by atoms with Gasteiger partial charge in [0.2, 0.25) is 5.91 Å². The van der Waals surface area contributed by atoms with Gasteiger partial charge in [0.15, 0.2) is 14.9 Å². The summed E-state index contributed by atoms with van der Waals surface area (Å²) in [6.45, 7) is 0.699. The summed E-state index contributed by atoms with van der Waals surface area (Å²) in [7, 11) is -3.99. The van der Waals surface area contributed by atoms with E-state index in [9.17, 15) is 31.9 Å². The number of alkyl halides is 2. The lowest BCUT2D eigenvalue weighted by atomic mass is 9.95. The minimum atomic E-state index is -3.99. The van der Waals surface area contributed by atoms with Crippen LogP contribution >= 0.6 is 0 Å². The standard InChI is InChI=1S/C16H19F2N3O5S/c1-9-2-3-13(20-19-9)27(25,26)10-6-11(12(7-10)15(23)24)14(22)21-5-4-16(17,18)8-21/h2-3,10-12H,4-8H2,1H3,(H,23,24)/t10-,11+,12+/m0/s1. The number of carboxylic acid groups (broad SMARTS) is 1. The van der Waals surface area contributed by atoms with Crippen molar-refractivity contribution in [2.45, 2.75) is 42.4 Å². The van der Waals surface area contributed by atoms with E-state index in [2.05, 4.69) is 10.2 Å². The molecule has 1 aliphatic carbocycles. The second-order valence-corrected chi connectivity index (χ2v) is 9.24. The fourth-order valence-corrected chi connectivity index (χ4v) is 5.33. The molecule has 0 bridgehead atoms. The normalized spacial score (nSPS) is 27.7. The summed E-state index contributed by atoms with van der Waals surface area (Å²) < 4.78 is 52.3. The highest BCUT2D eigenvalue weighted by molar-refractivity contribution is 7.92. The molecule has 0 radical (unpaired) electrons. The molecule has 2 aliphatic rings. The van der Waals surface area contributed by atoms with Crippen molar-refractivity contribution >= 4 is 21.7 Å². The third kappa shape index (κ3) is 3.78. The molecular weight excluding hydrogens is 384 g/mol. The number of aliphatic carboxylic acids is 1. The van der Waals surface area contributed by atoms with E-state index < -0.39 is 57.7 Å². The summed E-state index contributed by atoms with van der Waals surface area (Å²) in [5.41, 5.74) is 0.520. The van der Waals surface area contributed by atoms with Gasteiger partial charge in [0.25, 0.3) is 5.92 Å². The highest BCUT2D eigenvalue weighted by atomic mass is 32.2. The Morgan fingerprint density at radius 3 is 2.41 bits per heavy atom. The highest BCUT2D eigenvalue weighted by Crippen LogP contribution is 2.40. The van der Waals surface area contributed by atoms with Crippen molar-refractivity contribution in [3.05, 3.63) is 17.8 Å². The molecular formula is C16H19F2N3O5S. The maximum Gasteiger partial charge on any atom is 0.307 e. The number of sulfone groups is 1. The van der Waals surface area contributed by atoms with Crippen LogP contribution in [0.1, 0.15) is 25.0 Å². The van der Waals surface area contributed by atoms with Crippen LogP contribution in [0.25, 0.3) is 0 Å². The van der Waals surface area contributed by atoms with Gasteiger partial charge >= 0.3 is 5.97 Å². The van der Waals surface area contributed by atoms with Crippen molar-refractivity contribution in [1.29, 1.82) is 0 Å². The average molecular weight is 403 g/mol. The fraction of sp³-hybridized carbons (Fsp3) is 0.625. The van der Waals surface area contributed by atoms with Crippen LogP contribution < -0.4 is 0 Å². The van der Waals surface area contributed by atoms with E-state index in [1.54, 1.807) is 6.92 Å². The second-order valence-electron chi connectivity index (χ2n) is 7.07. The van der Waals surface area contributed by atoms with Gasteiger partial charge in [0.1, 0.15) is 0 Å². The lowest BCUT2D eigenvalue weighted by Gasteiger charge is -2.22. The molecule has 0 unspecified atom stereocenters. The number of amides is 1. The summed E-state index contributed by atoms with van der Waals surface area (Å²) >= 11 is 0. The Morgan fingerprint density at radius 2 is 1.89 bits per heavy atom. The first-order valence-electron chi connectivity index (χ1n) is 8.45. The zero-order valence-corrected chi connectivity index (χ0v) is 15.3. The van der Waals surface area contributed by atoms with Crippen LogP contribution in [0.4, 0.5) is 8.78 Å². The summed E-state index contributed by atoms with van der Waals surface area (Å²) in [6, 6.07) is 2.75. The number of rotatable bonds is 4. The molecule has 1 aromatic heterocycles. The number of aryl methyl sites for hydroxylation is 1. The maximum absolute atomic E-state index is 13.4. The van der Waals surface area contributed by atoms with Crippen molar-refractivity contribution in [3.8, 4) is 0 Å². The van der Waals surface area contributed by atoms with Gasteiger partial charge < -0.3 is 10.0 Å². The SMILES string of the molecule is Cc1ccc(S(=O)(=O)[C@@H]2C[C@@H](C(=O)O)[C@H](C(=O)N3CCC(F)(F)C3)C2)nn1. The molecule has 0 aromatic carbocycles. The van der Waals surface area contributed by atoms with Crippen molar-refractivity contribution < 1.29 is 31.9 Å². The predicted molar refractivity (Wildman–Crippen MR) is 87.7 cm³/mol. The first kappa shape index (κ1) is 19.6. The lowest BCUT2D eigenvalue weighted by Crippen LogP contribution is -2.39. The Balaban J connectivity index is 1.83. The van der Waals surface area contributed by atoms with Crippen LogP contribution in [-0.2, 0) is 19.4 Å². The van der Waals surface area contributed by atoms with Crippen molar-refractivity contribution in [3.63, 3.8) is 0 Å². The van der Waals surface area contributed by atoms with E-state index in [4.69, 9.17) is 0 Å². The van der Waals surface area contributed by atoms with Crippen LogP contribution in [0.15, 0.2) is 17.2 Å². The predicted octanol–water partition coefficient (Wildman–Crippen LogP) is 0.906. The van der Waals surface area contributed by atoms with Gasteiger partial charge in [-0.05, 0) is 31.9 Å². The van der Waals surface area contributed by atoms with Crippen LogP contribution in [0.2, 0.25) is 0 Å². The molecule has 1 saturated carbocycles. The number of aromatic nitrogens is 2. The molecule has 3 atom stereocenters. The fourth-order valence-electron chi connectivity index (χ4n) is 3.66. The Morgan fingerprint density at radius 1 is 1.22 bits per heavy atom. The first-order valence-corrected chi connectivity index (χ1v) is 9.99. The van der Waals surface area contributed by atoms with Gasteiger partial charge in [-0.25, -0.2) is 17.2 Å². The van der Waals surface area contributed by atoms with Gasteiger partial charge in [-0.2, -0.15) is 5.10 Å². The van der Waals surface area contributed by atoms with Crippen molar-refractivity contribution in [2.75, 3.05) is 13.1 Å². The second kappa shape index (κ2) is 6.77. The molecule has 1 aromatic rings. The molecule has 8 nitrogen and oxygen atoms in total. The summed E-state index contributed by atoms with van der Waals surface area (Å²) in [4.78, 5) is 25.1. The number of carbonyl (C=O) groups excluding carboxylic acids is 1. The summed E-state index contributed by atoms with van der Waals surface area (Å²) in [5, 5.41) is 15.4. The zero-order valence-electron chi connectivity index (χ0n) is 14.5. The van der Waals surface area contributed by atoms with Crippen LogP contribution in [0.3, 0.4) is 0 Å². The molecule has 3 rings (SSSR count). The van der Waals surface area contributed by atoms with E-state index in [1.807, 2.05) is 0 Å². The van der Waals surface area contributed by atoms with Crippen molar-refractivity contribution in [2.24, 2.45) is 11.8 Å². The molecule has 1 saturated heterocycles. The van der Waals surface area contributed by atoms with Crippen LogP contribution in [0.5, 0.6) is 0 Å². The minimum absolute atomic E-state index is 0.171. The smallest absolute Gasteiger partial charge is 0.307 e. The highest BCUT2D eigenvalue weighted by Gasteiger charge is 2.51. The minimum Gasteiger partial charge on any atom is -0.481 e. The monoisotopic (exact) mass is 403 g/mol. The third-order valence-corrected chi connectivity index (χ3v) is 7.20. The lowest BCUT2D eigenvalue weighted by molar-refractivity contribution is -0.149. The maximum atomic E-state index is 13.4. The third-order valence-electron chi connectivity index (χ3n) is 5.14. The van der Waals surface area contributed by atoms with Gasteiger partial charge in [-0.1, -0.05) is 0 Å². The molecule has 148 valence electrons. The average Bonchev–Trinajstić information content (AvgIpc) is 3.18. The topological polar surface area (TPSA) is 118 Å². The van der Waals surface area contributed by atoms with E-state index in [1.165, 1.54) is 12.1 Å². The molecule has 2 fully saturated rings. The summed E-state index contributed by atoms with van der Waals surface area (Å²) in [6.07, 6.45) is -0.993. The Kier molecular flexibility index (Phi) is 4.91. The first-order chi connectivity index (χ1) is 12.5. The molecule has 1 N–H and O–H groups in total. The van der Waals surface area contributed by atoms with Gasteiger partial charge in [-0.15, -0.1) is 5.10 Å². The van der Waals surface area contributed by atoms with Crippen LogP contribution in [-0.4, -0.2) is 64.8 Å². The molecule has 1 aliphatic heterocycles. The quantitative estimate of drug-likeness (QED) is 0.794. The molecule has 11 heteroatoms. The van der Waals surface area contributed by atoms with E-state index in [0.29, 0.717) is 5.69 Å². The molecule has 0 spiro atoms. The zero-order chi connectivity index (χ0) is 20.0. The Bertz CT molecular complexity index is 859. The van der Waals surface area contributed by atoms with Crippen LogP contribution in [0, 0.1) is 18.8 Å². The number of hydrogen-bond acceptors (Lipinski definition) is 6. The number of halogens is 2. The van der Waals surface area contributed by atoms with E-state index in [-0.39, 0.29) is 24.4 Å². The van der Waals surface area contributed by atoms with Crippen molar-refractivity contribution in [1.82, 2.24) is 15.1 Å². The summed E-state index contributed by atoms with van der Waals surface area (Å²) in [5.74, 6) is -7.45. The van der Waals surface area contributed by atoms with Gasteiger partial charge in [0.05, 0.1) is 29.3 Å². The Labute approximate surface area is 154 Å². The van der Waals surface area contributed by atoms with E-state index in [0.717, 1.165) is 4.90 Å². The van der Waals surface area contributed by atoms with Gasteiger partial charge in [-0.3, -0.25) is 9.59 Å². The van der Waals surface area contributed by atoms with Gasteiger partial charge in [0, 0.05) is 13.0 Å².